The molecule has 0 heterocycles. The fourth-order valence-electron chi connectivity index (χ4n) is 11.0. The minimum Gasteiger partial charge on any atom is -0.463 e. The van der Waals surface area contributed by atoms with Crippen molar-refractivity contribution in [3.63, 3.8) is 0 Å². The first kappa shape index (κ1) is 101. The van der Waals surface area contributed by atoms with Gasteiger partial charge in [0, 0.05) is 19.3 Å². The molecule has 0 saturated heterocycles. The van der Waals surface area contributed by atoms with E-state index in [9.17, 15) is 43.5 Å². The number of phosphoric acid groups is 2. The average molecular weight is 1510 g/mol. The number of allylic oxidation sites excluding steroid dienone is 22. The molecule has 5 atom stereocenters. The lowest BCUT2D eigenvalue weighted by atomic mass is 10.0. The second-order valence-electron chi connectivity index (χ2n) is 27.5. The van der Waals surface area contributed by atoms with Crippen LogP contribution in [-0.2, 0) is 55.8 Å². The highest BCUT2D eigenvalue weighted by atomic mass is 31.2. The van der Waals surface area contributed by atoms with Gasteiger partial charge in [-0.05, 0) is 135 Å². The number of rotatable bonds is 78. The van der Waals surface area contributed by atoms with Gasteiger partial charge in [-0.1, -0.05) is 321 Å². The highest BCUT2D eigenvalue weighted by Crippen LogP contribution is 2.45. The summed E-state index contributed by atoms with van der Waals surface area (Å²) in [6, 6.07) is 0. The number of carbonyl (C=O) groups is 3. The Kier molecular flexibility index (Phi) is 76.0. The fraction of sp³-hybridized carbons (Fsp3) is 0.713. The number of hydrogen-bond acceptors (Lipinski definition) is 14. The first-order valence-electron chi connectivity index (χ1n) is 41.5. The van der Waals surface area contributed by atoms with Crippen molar-refractivity contribution in [2.24, 2.45) is 0 Å². The van der Waals surface area contributed by atoms with Crippen molar-refractivity contribution in [2.75, 3.05) is 39.6 Å². The van der Waals surface area contributed by atoms with E-state index in [2.05, 4.69) is 154 Å². The Morgan fingerprint density at radius 2 is 0.524 bits per heavy atom. The lowest BCUT2D eigenvalue weighted by molar-refractivity contribution is -0.161. The number of aliphatic hydroxyl groups excluding tert-OH is 2. The van der Waals surface area contributed by atoms with Crippen LogP contribution in [0.15, 0.2) is 134 Å². The van der Waals surface area contributed by atoms with Crippen molar-refractivity contribution in [1.82, 2.24) is 0 Å². The Morgan fingerprint density at radius 1 is 0.276 bits per heavy atom. The summed E-state index contributed by atoms with van der Waals surface area (Å²) in [5.41, 5.74) is 0. The standard InChI is InChI=1S/C87H150O16P2/c1-4-7-10-13-16-19-22-25-27-29-31-33-35-36-37-38-39-40-41-42-43-44-46-48-49-51-53-56-58-61-64-67-70-73-85(90)97-76-82(88)77-99-104(93,94)100-78-83(89)79-101-105(95,96)102-81-84(103-87(92)75-72-69-66-63-60-55-24-21-18-15-12-9-6-3)80-98-86(91)74-71-68-65-62-59-57-54-52-50-47-45-34-32-30-28-26-23-20-17-14-11-8-5-2/h8,11-12,15-17,19-21,24-28,31-34,36-37,47,50,82-84,88-89H,4-7,9-10,13-14,18,22-23,29-30,35,38-46,48-49,51-81H2,1-3H3,(H,93,94)(H,95,96)/b11-8-,15-12-,19-16-,20-17-,24-21-,27-25-,28-26-,33-31-,34-32-,37-36-,50-47-. The van der Waals surface area contributed by atoms with Gasteiger partial charge in [-0.3, -0.25) is 32.5 Å². The zero-order valence-electron chi connectivity index (χ0n) is 66.1. The molecular formula is C87H150O16P2. The summed E-state index contributed by atoms with van der Waals surface area (Å²) in [7, 11) is -9.80. The third kappa shape index (κ3) is 80.5. The van der Waals surface area contributed by atoms with Crippen LogP contribution >= 0.6 is 15.6 Å². The minimum atomic E-state index is -4.94. The molecule has 0 aliphatic heterocycles. The molecule has 0 aliphatic rings. The molecule has 0 aromatic rings. The van der Waals surface area contributed by atoms with Crippen LogP contribution in [0.4, 0.5) is 0 Å². The minimum absolute atomic E-state index is 0.0832. The summed E-state index contributed by atoms with van der Waals surface area (Å²) in [4.78, 5) is 58.7. The van der Waals surface area contributed by atoms with Crippen LogP contribution in [0.1, 0.15) is 342 Å². The molecule has 0 spiro atoms. The predicted octanol–water partition coefficient (Wildman–Crippen LogP) is 24.7. The van der Waals surface area contributed by atoms with Crippen LogP contribution in [0.2, 0.25) is 0 Å². The second kappa shape index (κ2) is 79.2. The molecule has 18 heteroatoms. The first-order valence-corrected chi connectivity index (χ1v) is 44.5. The van der Waals surface area contributed by atoms with Crippen LogP contribution in [0.25, 0.3) is 0 Å². The highest BCUT2D eigenvalue weighted by Gasteiger charge is 2.29. The van der Waals surface area contributed by atoms with E-state index >= 15 is 0 Å². The third-order valence-electron chi connectivity index (χ3n) is 17.3. The van der Waals surface area contributed by atoms with E-state index in [1.807, 2.05) is 0 Å². The summed E-state index contributed by atoms with van der Waals surface area (Å²) in [6.07, 6.45) is 96.6. The van der Waals surface area contributed by atoms with Crippen LogP contribution < -0.4 is 0 Å². The van der Waals surface area contributed by atoms with Crippen LogP contribution in [0, 0.1) is 0 Å². The van der Waals surface area contributed by atoms with E-state index in [0.717, 1.165) is 167 Å². The predicted molar refractivity (Wildman–Crippen MR) is 436 cm³/mol. The fourth-order valence-corrected chi connectivity index (χ4v) is 12.6. The molecular weight excluding hydrogens is 1360 g/mol. The highest BCUT2D eigenvalue weighted by molar-refractivity contribution is 7.47. The zero-order chi connectivity index (χ0) is 76.6. The van der Waals surface area contributed by atoms with Gasteiger partial charge in [0.2, 0.25) is 0 Å². The van der Waals surface area contributed by atoms with E-state index in [0.29, 0.717) is 19.3 Å². The Balaban J connectivity index is 4.43. The first-order chi connectivity index (χ1) is 51.2. The van der Waals surface area contributed by atoms with Gasteiger partial charge in [0.05, 0.1) is 26.4 Å². The third-order valence-corrected chi connectivity index (χ3v) is 19.2. The molecule has 16 nitrogen and oxygen atoms in total. The largest absolute Gasteiger partial charge is 0.472 e. The van der Waals surface area contributed by atoms with Gasteiger partial charge in [0.15, 0.2) is 6.10 Å². The molecule has 0 bridgehead atoms. The molecule has 0 radical (unpaired) electrons. The van der Waals surface area contributed by atoms with E-state index < -0.39 is 91.5 Å². The van der Waals surface area contributed by atoms with Crippen molar-refractivity contribution in [3.8, 4) is 0 Å². The van der Waals surface area contributed by atoms with Gasteiger partial charge in [-0.2, -0.15) is 0 Å². The number of unbranched alkanes of at least 4 members (excludes halogenated alkanes) is 33. The Morgan fingerprint density at radius 3 is 0.838 bits per heavy atom. The summed E-state index contributed by atoms with van der Waals surface area (Å²) in [5, 5.41) is 20.7. The van der Waals surface area contributed by atoms with Crippen molar-refractivity contribution in [2.45, 2.75) is 360 Å². The quantitative estimate of drug-likeness (QED) is 0.0146. The summed E-state index contributed by atoms with van der Waals surface area (Å²) in [5.74, 6) is -1.60. The molecule has 4 N–H and O–H groups in total. The van der Waals surface area contributed by atoms with Gasteiger partial charge in [0.1, 0.15) is 25.4 Å². The van der Waals surface area contributed by atoms with Gasteiger partial charge in [-0.25, -0.2) is 9.13 Å². The van der Waals surface area contributed by atoms with Gasteiger partial charge < -0.3 is 34.2 Å². The molecule has 0 fully saturated rings. The Hall–Kier alpha value is -4.31. The Labute approximate surface area is 639 Å². The normalized spacial score (nSPS) is 14.6. The smallest absolute Gasteiger partial charge is 0.463 e. The van der Waals surface area contributed by atoms with Gasteiger partial charge in [-0.15, -0.1) is 0 Å². The Bertz CT molecular complexity index is 2440. The van der Waals surface area contributed by atoms with Crippen molar-refractivity contribution in [1.29, 1.82) is 0 Å². The maximum Gasteiger partial charge on any atom is 0.472 e. The van der Waals surface area contributed by atoms with Gasteiger partial charge in [0.25, 0.3) is 0 Å². The van der Waals surface area contributed by atoms with Crippen LogP contribution in [0.3, 0.4) is 0 Å². The summed E-state index contributed by atoms with van der Waals surface area (Å²) >= 11 is 0. The van der Waals surface area contributed by atoms with E-state index in [1.54, 1.807) is 0 Å². The molecule has 0 aromatic heterocycles. The molecule has 105 heavy (non-hydrogen) atoms. The average Bonchev–Trinajstić information content (AvgIpc) is 0.914. The van der Waals surface area contributed by atoms with Gasteiger partial charge >= 0.3 is 33.6 Å². The number of aliphatic hydroxyl groups is 2. The van der Waals surface area contributed by atoms with Crippen LogP contribution in [0.5, 0.6) is 0 Å². The molecule has 0 aliphatic carbocycles. The number of phosphoric ester groups is 2. The van der Waals surface area contributed by atoms with Crippen molar-refractivity contribution in [3.05, 3.63) is 134 Å². The van der Waals surface area contributed by atoms with Crippen molar-refractivity contribution < 1.29 is 75.8 Å². The van der Waals surface area contributed by atoms with E-state index in [4.69, 9.17) is 32.3 Å². The second-order valence-corrected chi connectivity index (χ2v) is 30.4. The monoisotopic (exact) mass is 1510 g/mol. The molecule has 0 aromatic carbocycles. The topological polar surface area (TPSA) is 231 Å². The van der Waals surface area contributed by atoms with Crippen LogP contribution in [-0.4, -0.2) is 95.9 Å². The number of carbonyl (C=O) groups excluding carboxylic acids is 3. The SMILES string of the molecule is CC/C=C\C/C=C\C/C=C\C/C=C\C/C=C\CCCCCCCCCC(=O)OCC(COP(=O)(O)OCC(O)COP(=O)(O)OCC(O)COC(=O)CCCCCCCCCCCCCCCCCCC/C=C\C/C=C\C/C=C\C/C=C\CCCCC)OC(=O)CCCCCCC/C=C\C/C=C\CCC. The lowest BCUT2D eigenvalue weighted by Crippen LogP contribution is -2.30. The summed E-state index contributed by atoms with van der Waals surface area (Å²) in [6.45, 7) is 2.46. The zero-order valence-corrected chi connectivity index (χ0v) is 67.9. The molecule has 604 valence electrons. The van der Waals surface area contributed by atoms with Crippen molar-refractivity contribution >= 4 is 33.6 Å². The molecule has 0 amide bonds. The van der Waals surface area contributed by atoms with E-state index in [-0.39, 0.29) is 19.3 Å². The maximum atomic E-state index is 12.9. The number of hydrogen-bond donors (Lipinski definition) is 4. The summed E-state index contributed by atoms with van der Waals surface area (Å²) < 4.78 is 61.1. The molecule has 0 saturated carbocycles. The number of esters is 3. The lowest BCUT2D eigenvalue weighted by Gasteiger charge is -2.21. The maximum absolute atomic E-state index is 12.9. The number of ether oxygens (including phenoxy) is 3. The molecule has 0 rings (SSSR count). The van der Waals surface area contributed by atoms with E-state index in [1.165, 1.54) is 116 Å². The molecule has 5 unspecified atom stereocenters.